The summed E-state index contributed by atoms with van der Waals surface area (Å²) < 4.78 is 11.8. The van der Waals surface area contributed by atoms with Gasteiger partial charge in [0, 0.05) is 10.0 Å². The fourth-order valence-corrected chi connectivity index (χ4v) is 3.67. The zero-order valence-electron chi connectivity index (χ0n) is 17.1. The van der Waals surface area contributed by atoms with Gasteiger partial charge in [-0.3, -0.25) is 9.69 Å². The highest BCUT2D eigenvalue weighted by molar-refractivity contribution is 9.10. The number of ether oxygens (including phenoxy) is 1. The molecule has 1 unspecified atom stereocenters. The van der Waals surface area contributed by atoms with E-state index in [4.69, 9.17) is 9.15 Å². The van der Waals surface area contributed by atoms with Gasteiger partial charge in [-0.2, -0.15) is 0 Å². The molecule has 3 aromatic rings. The minimum absolute atomic E-state index is 0.0771. The van der Waals surface area contributed by atoms with Crippen LogP contribution in [0.2, 0.25) is 0 Å². The molecule has 1 fully saturated rings. The zero-order chi connectivity index (χ0) is 22.0. The van der Waals surface area contributed by atoms with E-state index < -0.39 is 11.6 Å². The van der Waals surface area contributed by atoms with Crippen LogP contribution < -0.4 is 10.1 Å². The number of benzene rings is 2. The number of amides is 3. The second kappa shape index (κ2) is 8.50. The van der Waals surface area contributed by atoms with E-state index in [-0.39, 0.29) is 18.3 Å². The summed E-state index contributed by atoms with van der Waals surface area (Å²) >= 11 is 3.38. The molecule has 3 amide bonds. The summed E-state index contributed by atoms with van der Waals surface area (Å²) in [7, 11) is 1.61. The van der Waals surface area contributed by atoms with E-state index in [1.54, 1.807) is 14.0 Å². The summed E-state index contributed by atoms with van der Waals surface area (Å²) in [5.74, 6) is 0.987. The van der Waals surface area contributed by atoms with E-state index in [2.05, 4.69) is 31.4 Å². The highest BCUT2D eigenvalue weighted by Crippen LogP contribution is 2.26. The van der Waals surface area contributed by atoms with Gasteiger partial charge in [-0.05, 0) is 61.7 Å². The van der Waals surface area contributed by atoms with Crippen molar-refractivity contribution in [3.8, 4) is 17.2 Å². The van der Waals surface area contributed by atoms with E-state index in [1.807, 2.05) is 48.5 Å². The topological polar surface area (TPSA) is 97.6 Å². The van der Waals surface area contributed by atoms with Crippen molar-refractivity contribution < 1.29 is 18.7 Å². The number of hydrogen-bond donors (Lipinski definition) is 1. The van der Waals surface area contributed by atoms with E-state index >= 15 is 0 Å². The van der Waals surface area contributed by atoms with Crippen LogP contribution >= 0.6 is 15.9 Å². The second-order valence-corrected chi connectivity index (χ2v) is 8.43. The van der Waals surface area contributed by atoms with Crippen molar-refractivity contribution in [3.05, 3.63) is 64.5 Å². The zero-order valence-corrected chi connectivity index (χ0v) is 18.7. The van der Waals surface area contributed by atoms with Crippen molar-refractivity contribution in [2.75, 3.05) is 7.11 Å². The maximum atomic E-state index is 13.0. The molecule has 0 bridgehead atoms. The third-order valence-corrected chi connectivity index (χ3v) is 5.80. The summed E-state index contributed by atoms with van der Waals surface area (Å²) in [6, 6.07) is 14.6. The Morgan fingerprint density at radius 3 is 2.48 bits per heavy atom. The minimum atomic E-state index is -0.994. The predicted molar refractivity (Wildman–Crippen MR) is 116 cm³/mol. The summed E-state index contributed by atoms with van der Waals surface area (Å²) in [6.07, 6.45) is 1.10. The third-order valence-electron chi connectivity index (χ3n) is 5.27. The average Bonchev–Trinajstić information content (AvgIpc) is 3.32. The highest BCUT2D eigenvalue weighted by Gasteiger charge is 2.47. The second-order valence-electron chi connectivity index (χ2n) is 7.51. The van der Waals surface area contributed by atoms with Gasteiger partial charge in [-0.15, -0.1) is 10.2 Å². The van der Waals surface area contributed by atoms with Gasteiger partial charge >= 0.3 is 6.03 Å². The van der Waals surface area contributed by atoms with Crippen molar-refractivity contribution in [3.63, 3.8) is 0 Å². The number of hydrogen-bond acceptors (Lipinski definition) is 6. The van der Waals surface area contributed by atoms with Crippen LogP contribution in [0.5, 0.6) is 5.75 Å². The number of rotatable bonds is 7. The first kappa shape index (κ1) is 21.0. The number of imide groups is 1. The van der Waals surface area contributed by atoms with E-state index in [0.29, 0.717) is 18.7 Å². The van der Waals surface area contributed by atoms with Gasteiger partial charge in [0.05, 0.1) is 7.11 Å². The number of nitrogens with zero attached hydrogens (tertiary/aromatic N) is 3. The molecule has 1 saturated heterocycles. The summed E-state index contributed by atoms with van der Waals surface area (Å²) in [5, 5.41) is 10.8. The SMILES string of the molecule is COc1ccc(CCC2(C)NC(=O)N(Cc3nnc(-c4ccc(Br)cc4)o3)C2=O)cc1. The van der Waals surface area contributed by atoms with Crippen molar-refractivity contribution >= 4 is 27.9 Å². The molecule has 8 nitrogen and oxygen atoms in total. The molecule has 160 valence electrons. The van der Waals surface area contributed by atoms with E-state index in [9.17, 15) is 9.59 Å². The smallest absolute Gasteiger partial charge is 0.325 e. The molecular formula is C22H21BrN4O4. The Morgan fingerprint density at radius 1 is 1.10 bits per heavy atom. The monoisotopic (exact) mass is 484 g/mol. The van der Waals surface area contributed by atoms with E-state index in [0.717, 1.165) is 26.2 Å². The molecular weight excluding hydrogens is 464 g/mol. The molecule has 4 rings (SSSR count). The van der Waals surface area contributed by atoms with Crippen LogP contribution in [0.3, 0.4) is 0 Å². The molecule has 31 heavy (non-hydrogen) atoms. The van der Waals surface area contributed by atoms with Crippen molar-refractivity contribution in [2.45, 2.75) is 31.8 Å². The van der Waals surface area contributed by atoms with Gasteiger partial charge in [-0.25, -0.2) is 4.79 Å². The lowest BCUT2D eigenvalue weighted by Crippen LogP contribution is -2.44. The van der Waals surface area contributed by atoms with Crippen molar-refractivity contribution in [1.82, 2.24) is 20.4 Å². The number of carbonyl (C=O) groups is 2. The maximum Gasteiger partial charge on any atom is 0.325 e. The molecule has 0 saturated carbocycles. The van der Waals surface area contributed by atoms with Gasteiger partial charge < -0.3 is 14.5 Å². The standard InChI is InChI=1S/C22H21BrN4O4/c1-22(12-11-14-3-9-17(30-2)10-4-14)20(28)27(21(29)24-22)13-18-25-26-19(31-18)15-5-7-16(23)8-6-15/h3-10H,11-13H2,1-2H3,(H,24,29). The Kier molecular flexibility index (Phi) is 5.77. The number of aryl methyl sites for hydroxylation is 1. The van der Waals surface area contributed by atoms with Gasteiger partial charge in [0.25, 0.3) is 5.91 Å². The Hall–Kier alpha value is -3.20. The normalized spacial score (nSPS) is 18.4. The van der Waals surface area contributed by atoms with Gasteiger partial charge in [-0.1, -0.05) is 28.1 Å². The van der Waals surface area contributed by atoms with Crippen LogP contribution in [0.15, 0.2) is 57.4 Å². The van der Waals surface area contributed by atoms with E-state index in [1.165, 1.54) is 0 Å². The summed E-state index contributed by atoms with van der Waals surface area (Å²) in [5.41, 5.74) is 0.813. The molecule has 1 aliphatic rings. The number of carbonyl (C=O) groups excluding carboxylic acids is 2. The average molecular weight is 485 g/mol. The lowest BCUT2D eigenvalue weighted by atomic mass is 9.93. The first-order chi connectivity index (χ1) is 14.9. The third kappa shape index (κ3) is 4.46. The number of halogens is 1. The molecule has 1 aliphatic heterocycles. The van der Waals surface area contributed by atoms with Crippen LogP contribution in [0.4, 0.5) is 4.79 Å². The molecule has 2 heterocycles. The quantitative estimate of drug-likeness (QED) is 0.509. The first-order valence-corrected chi connectivity index (χ1v) is 10.5. The lowest BCUT2D eigenvalue weighted by molar-refractivity contribution is -0.131. The number of urea groups is 1. The molecule has 1 N–H and O–H groups in total. The predicted octanol–water partition coefficient (Wildman–Crippen LogP) is 3.95. The Labute approximate surface area is 187 Å². The highest BCUT2D eigenvalue weighted by atomic mass is 79.9. The molecule has 9 heteroatoms. The Morgan fingerprint density at radius 2 is 1.81 bits per heavy atom. The first-order valence-electron chi connectivity index (χ1n) is 9.73. The number of nitrogens with one attached hydrogen (secondary N) is 1. The van der Waals surface area contributed by atoms with Gasteiger partial charge in [0.2, 0.25) is 11.8 Å². The Bertz CT molecular complexity index is 1100. The van der Waals surface area contributed by atoms with Crippen molar-refractivity contribution in [1.29, 1.82) is 0 Å². The Balaban J connectivity index is 1.42. The van der Waals surface area contributed by atoms with Crippen LogP contribution in [0.1, 0.15) is 24.8 Å². The van der Waals surface area contributed by atoms with Crippen molar-refractivity contribution in [2.24, 2.45) is 0 Å². The lowest BCUT2D eigenvalue weighted by Gasteiger charge is -2.21. The maximum absolute atomic E-state index is 13.0. The molecule has 1 atom stereocenters. The molecule has 1 aromatic heterocycles. The van der Waals surface area contributed by atoms with Gasteiger partial charge in [0.15, 0.2) is 0 Å². The van der Waals surface area contributed by atoms with Gasteiger partial charge in [0.1, 0.15) is 17.8 Å². The molecule has 0 radical (unpaired) electrons. The largest absolute Gasteiger partial charge is 0.497 e. The fraction of sp³-hybridized carbons (Fsp3) is 0.273. The number of methoxy groups -OCH3 is 1. The summed E-state index contributed by atoms with van der Waals surface area (Å²) in [6.45, 7) is 1.66. The molecule has 2 aromatic carbocycles. The fourth-order valence-electron chi connectivity index (χ4n) is 3.41. The van der Waals surface area contributed by atoms with Crippen LogP contribution in [0, 0.1) is 0 Å². The van der Waals surface area contributed by atoms with Crippen LogP contribution in [0.25, 0.3) is 11.5 Å². The van der Waals surface area contributed by atoms with Crippen LogP contribution in [-0.2, 0) is 17.8 Å². The van der Waals surface area contributed by atoms with Crippen LogP contribution in [-0.4, -0.2) is 39.7 Å². The molecule has 0 aliphatic carbocycles. The molecule has 0 spiro atoms. The minimum Gasteiger partial charge on any atom is -0.497 e. The number of aromatic nitrogens is 2. The summed E-state index contributed by atoms with van der Waals surface area (Å²) in [4.78, 5) is 26.6.